The molecule has 0 aromatic carbocycles. The van der Waals surface area contributed by atoms with Crippen LogP contribution in [0.25, 0.3) is 0 Å². The molecular weight excluding hydrogens is 143 g/mol. The van der Waals surface area contributed by atoms with Crippen LogP contribution in [0.5, 0.6) is 0 Å². The van der Waals surface area contributed by atoms with Crippen LogP contribution in [0.1, 0.15) is 27.7 Å². The summed E-state index contributed by atoms with van der Waals surface area (Å²) in [6.07, 6.45) is 1.92. The van der Waals surface area contributed by atoms with Crippen molar-refractivity contribution in [2.45, 2.75) is 33.4 Å². The standard InChI is InChI=1S/C8H21OP/c1-6-10(5,9,7-2)8(3)4/h8-9H,6-7H2,1-5H3. The van der Waals surface area contributed by atoms with Gasteiger partial charge in [0.25, 0.3) is 0 Å². The molecule has 0 aliphatic rings. The summed E-state index contributed by atoms with van der Waals surface area (Å²) in [4.78, 5) is 10.3. The van der Waals surface area contributed by atoms with Gasteiger partial charge in [-0.05, 0) is 0 Å². The second kappa shape index (κ2) is 2.79. The van der Waals surface area contributed by atoms with Crippen molar-refractivity contribution in [3.8, 4) is 0 Å². The van der Waals surface area contributed by atoms with E-state index in [1.54, 1.807) is 0 Å². The van der Waals surface area contributed by atoms with Gasteiger partial charge in [0.05, 0.1) is 0 Å². The van der Waals surface area contributed by atoms with Crippen LogP contribution in [0.3, 0.4) is 0 Å². The molecule has 0 fully saturated rings. The molecular formula is C8H21OP. The Morgan fingerprint density at radius 3 is 1.50 bits per heavy atom. The molecule has 2 heteroatoms. The van der Waals surface area contributed by atoms with Crippen LogP contribution in [-0.2, 0) is 0 Å². The first-order valence-electron chi connectivity index (χ1n) is 4.11. The maximum atomic E-state index is 10.3. The zero-order valence-electron chi connectivity index (χ0n) is 7.89. The van der Waals surface area contributed by atoms with E-state index in [0.717, 1.165) is 12.3 Å². The molecule has 0 unspecified atom stereocenters. The van der Waals surface area contributed by atoms with Crippen molar-refractivity contribution in [3.05, 3.63) is 0 Å². The quantitative estimate of drug-likeness (QED) is 0.635. The number of hydrogen-bond donors (Lipinski definition) is 1. The second-order valence-corrected chi connectivity index (χ2v) is 10.3. The average molecular weight is 164 g/mol. The van der Waals surface area contributed by atoms with Gasteiger partial charge < -0.3 is 0 Å². The summed E-state index contributed by atoms with van der Waals surface area (Å²) in [5.41, 5.74) is 0.459. The molecule has 0 spiro atoms. The average Bonchev–Trinajstić information content (AvgIpc) is 1.89. The van der Waals surface area contributed by atoms with Crippen molar-refractivity contribution >= 4 is 6.83 Å². The second-order valence-electron chi connectivity index (χ2n) is 3.80. The summed E-state index contributed by atoms with van der Waals surface area (Å²) in [7, 11) is 0. The van der Waals surface area contributed by atoms with Gasteiger partial charge in [0.2, 0.25) is 0 Å². The van der Waals surface area contributed by atoms with Gasteiger partial charge in [-0.2, -0.15) is 0 Å². The fourth-order valence-electron chi connectivity index (χ4n) is 0.954. The van der Waals surface area contributed by atoms with E-state index < -0.39 is 6.83 Å². The molecule has 1 nitrogen and oxygen atoms in total. The Morgan fingerprint density at radius 2 is 1.50 bits per heavy atom. The Labute approximate surface area is 64.8 Å². The van der Waals surface area contributed by atoms with Gasteiger partial charge in [-0.3, -0.25) is 0 Å². The van der Waals surface area contributed by atoms with Crippen LogP contribution in [0.4, 0.5) is 0 Å². The molecule has 0 amide bonds. The first kappa shape index (κ1) is 10.4. The summed E-state index contributed by atoms with van der Waals surface area (Å²) in [6.45, 7) is 8.30. The Balaban J connectivity index is 4.51. The van der Waals surface area contributed by atoms with E-state index in [2.05, 4.69) is 34.4 Å². The van der Waals surface area contributed by atoms with Crippen LogP contribution in [0.15, 0.2) is 0 Å². The van der Waals surface area contributed by atoms with E-state index in [9.17, 15) is 4.89 Å². The summed E-state index contributed by atoms with van der Waals surface area (Å²) >= 11 is 0. The molecule has 10 heavy (non-hydrogen) atoms. The normalized spacial score (nSPS) is 16.9. The number of rotatable bonds is 3. The predicted molar refractivity (Wildman–Crippen MR) is 51.3 cm³/mol. The van der Waals surface area contributed by atoms with Gasteiger partial charge in [0.15, 0.2) is 0 Å². The van der Waals surface area contributed by atoms with E-state index in [-0.39, 0.29) is 0 Å². The van der Waals surface area contributed by atoms with Gasteiger partial charge in [-0.1, -0.05) is 0 Å². The Morgan fingerprint density at radius 1 is 1.20 bits per heavy atom. The van der Waals surface area contributed by atoms with Crippen LogP contribution < -0.4 is 0 Å². The zero-order valence-corrected chi connectivity index (χ0v) is 8.78. The van der Waals surface area contributed by atoms with Gasteiger partial charge in [-0.15, -0.1) is 0 Å². The third-order valence-electron chi connectivity index (χ3n) is 3.21. The first-order chi connectivity index (χ1) is 4.35. The van der Waals surface area contributed by atoms with Gasteiger partial charge in [0, 0.05) is 0 Å². The maximum absolute atomic E-state index is 10.3. The summed E-state index contributed by atoms with van der Waals surface area (Å²) < 4.78 is 0. The van der Waals surface area contributed by atoms with Crippen LogP contribution in [0.2, 0.25) is 0 Å². The SMILES string of the molecule is CCP(C)(O)(CC)C(C)C. The topological polar surface area (TPSA) is 20.2 Å². The Hall–Kier alpha value is 0.390. The Kier molecular flexibility index (Phi) is 2.90. The van der Waals surface area contributed by atoms with Gasteiger partial charge in [0.1, 0.15) is 0 Å². The fraction of sp³-hybridized carbons (Fsp3) is 1.00. The van der Waals surface area contributed by atoms with Crippen LogP contribution >= 0.6 is 6.83 Å². The molecule has 0 saturated carbocycles. The summed E-state index contributed by atoms with van der Waals surface area (Å²) in [5, 5.41) is 0. The van der Waals surface area contributed by atoms with Crippen molar-refractivity contribution in [3.63, 3.8) is 0 Å². The first-order valence-corrected chi connectivity index (χ1v) is 7.18. The van der Waals surface area contributed by atoms with Crippen molar-refractivity contribution < 1.29 is 4.89 Å². The van der Waals surface area contributed by atoms with E-state index >= 15 is 0 Å². The molecule has 0 aliphatic carbocycles. The molecule has 0 aromatic rings. The van der Waals surface area contributed by atoms with Crippen LogP contribution in [-0.4, -0.2) is 29.5 Å². The van der Waals surface area contributed by atoms with Crippen molar-refractivity contribution in [2.24, 2.45) is 0 Å². The molecule has 0 radical (unpaired) electrons. The minimum absolute atomic E-state index is 0.459. The van der Waals surface area contributed by atoms with E-state index in [1.807, 2.05) is 0 Å². The third kappa shape index (κ3) is 1.71. The molecule has 0 aromatic heterocycles. The predicted octanol–water partition coefficient (Wildman–Crippen LogP) is 2.53. The minimum atomic E-state index is -2.24. The number of hydrogen-bond acceptors (Lipinski definition) is 1. The molecule has 0 saturated heterocycles. The zero-order chi connectivity index (χ0) is 8.44. The molecule has 0 rings (SSSR count). The van der Waals surface area contributed by atoms with E-state index in [0.29, 0.717) is 5.66 Å². The molecule has 64 valence electrons. The van der Waals surface area contributed by atoms with Gasteiger partial charge in [-0.25, -0.2) is 0 Å². The summed E-state index contributed by atoms with van der Waals surface area (Å²) in [5.74, 6) is 0. The Bertz CT molecular complexity index is 110. The monoisotopic (exact) mass is 164 g/mol. The molecule has 0 heterocycles. The van der Waals surface area contributed by atoms with E-state index in [4.69, 9.17) is 0 Å². The molecule has 0 aliphatic heterocycles. The van der Waals surface area contributed by atoms with Crippen molar-refractivity contribution in [1.29, 1.82) is 0 Å². The molecule has 0 bridgehead atoms. The van der Waals surface area contributed by atoms with Gasteiger partial charge >= 0.3 is 64.1 Å². The molecule has 0 atom stereocenters. The third-order valence-corrected chi connectivity index (χ3v) is 9.62. The van der Waals surface area contributed by atoms with Crippen molar-refractivity contribution in [2.75, 3.05) is 19.0 Å². The summed E-state index contributed by atoms with van der Waals surface area (Å²) in [6, 6.07) is 0. The van der Waals surface area contributed by atoms with Crippen molar-refractivity contribution in [1.82, 2.24) is 0 Å². The molecule has 1 N–H and O–H groups in total. The van der Waals surface area contributed by atoms with Crippen LogP contribution in [0, 0.1) is 0 Å². The fourth-order valence-corrected chi connectivity index (χ4v) is 2.86. The van der Waals surface area contributed by atoms with E-state index in [1.165, 1.54) is 0 Å².